The zero-order valence-corrected chi connectivity index (χ0v) is 19.9. The zero-order valence-electron chi connectivity index (χ0n) is 19.9. The van der Waals surface area contributed by atoms with Crippen LogP contribution in [0.15, 0.2) is 30.3 Å². The normalized spacial score (nSPS) is 10.4. The van der Waals surface area contributed by atoms with Crippen LogP contribution >= 0.6 is 0 Å². The fourth-order valence-corrected chi connectivity index (χ4v) is 2.88. The smallest absolute Gasteiger partial charge is 0.338 e. The van der Waals surface area contributed by atoms with Gasteiger partial charge in [-0.1, -0.05) is 13.8 Å². The Morgan fingerprint density at radius 1 is 0.848 bits per heavy atom. The Hall–Kier alpha value is -3.62. The number of ether oxygens (including phenoxy) is 6. The summed E-state index contributed by atoms with van der Waals surface area (Å²) in [5.41, 5.74) is 0.638. The number of hydrogen-bond donors (Lipinski definition) is 1. The predicted octanol–water partition coefficient (Wildman–Crippen LogP) is 3.94. The molecule has 9 heteroatoms. The molecule has 0 saturated carbocycles. The van der Waals surface area contributed by atoms with Crippen molar-refractivity contribution < 1.29 is 38.0 Å². The van der Waals surface area contributed by atoms with Crippen molar-refractivity contribution in [2.45, 2.75) is 20.3 Å². The second-order valence-corrected chi connectivity index (χ2v) is 7.43. The molecule has 0 aliphatic rings. The third kappa shape index (κ3) is 7.20. The van der Waals surface area contributed by atoms with Crippen molar-refractivity contribution in [1.82, 2.24) is 0 Å². The molecule has 0 radical (unpaired) electrons. The zero-order chi connectivity index (χ0) is 24.4. The summed E-state index contributed by atoms with van der Waals surface area (Å²) >= 11 is 0. The van der Waals surface area contributed by atoms with Crippen LogP contribution < -0.4 is 29.0 Å². The molecule has 2 aromatic carbocycles. The Morgan fingerprint density at radius 3 is 2.03 bits per heavy atom. The first kappa shape index (κ1) is 25.6. The summed E-state index contributed by atoms with van der Waals surface area (Å²) in [6, 6.07) is 7.87. The first-order valence-electron chi connectivity index (χ1n) is 10.4. The summed E-state index contributed by atoms with van der Waals surface area (Å²) in [6.45, 7) is 4.28. The topological polar surface area (TPSA) is 102 Å². The van der Waals surface area contributed by atoms with Gasteiger partial charge >= 0.3 is 5.97 Å². The van der Waals surface area contributed by atoms with E-state index in [0.29, 0.717) is 47.0 Å². The average Bonchev–Trinajstić information content (AvgIpc) is 2.81. The summed E-state index contributed by atoms with van der Waals surface area (Å²) < 4.78 is 31.9. The van der Waals surface area contributed by atoms with Crippen LogP contribution in [0, 0.1) is 5.92 Å². The molecular weight excluding hydrogens is 430 g/mol. The van der Waals surface area contributed by atoms with Gasteiger partial charge in [0.25, 0.3) is 5.91 Å². The lowest BCUT2D eigenvalue weighted by molar-refractivity contribution is -0.119. The van der Waals surface area contributed by atoms with Crippen LogP contribution in [-0.4, -0.2) is 53.5 Å². The van der Waals surface area contributed by atoms with E-state index in [9.17, 15) is 9.59 Å². The molecule has 180 valence electrons. The molecule has 1 N–H and O–H groups in total. The fourth-order valence-electron chi connectivity index (χ4n) is 2.88. The highest BCUT2D eigenvalue weighted by molar-refractivity contribution is 5.96. The molecule has 0 atom stereocenters. The van der Waals surface area contributed by atoms with E-state index < -0.39 is 18.5 Å². The second-order valence-electron chi connectivity index (χ2n) is 7.43. The number of methoxy groups -OCH3 is 4. The van der Waals surface area contributed by atoms with Crippen LogP contribution in [0.3, 0.4) is 0 Å². The van der Waals surface area contributed by atoms with Gasteiger partial charge in [-0.15, -0.1) is 0 Å². The molecule has 0 bridgehead atoms. The second kappa shape index (κ2) is 12.4. The van der Waals surface area contributed by atoms with Gasteiger partial charge in [0.05, 0.1) is 40.6 Å². The SMILES string of the molecule is COc1cc(C(=O)OCC(=O)Nc2cc(OC)c(OC)c(OC)c2)ccc1OCCC(C)C. The summed E-state index contributed by atoms with van der Waals surface area (Å²) in [7, 11) is 5.92. The molecule has 0 saturated heterocycles. The van der Waals surface area contributed by atoms with Crippen molar-refractivity contribution in [3.05, 3.63) is 35.9 Å². The van der Waals surface area contributed by atoms with E-state index in [1.165, 1.54) is 34.5 Å². The Kier molecular flexibility index (Phi) is 9.65. The third-order valence-electron chi connectivity index (χ3n) is 4.63. The van der Waals surface area contributed by atoms with Crippen LogP contribution in [0.4, 0.5) is 5.69 Å². The number of carbonyl (C=O) groups is 2. The largest absolute Gasteiger partial charge is 0.493 e. The fraction of sp³-hybridized carbons (Fsp3) is 0.417. The van der Waals surface area contributed by atoms with E-state index in [2.05, 4.69) is 19.2 Å². The van der Waals surface area contributed by atoms with Gasteiger partial charge in [-0.2, -0.15) is 0 Å². The van der Waals surface area contributed by atoms with E-state index in [0.717, 1.165) is 6.42 Å². The number of benzene rings is 2. The lowest BCUT2D eigenvalue weighted by Crippen LogP contribution is -2.21. The van der Waals surface area contributed by atoms with Crippen molar-refractivity contribution in [2.75, 3.05) is 47.0 Å². The van der Waals surface area contributed by atoms with Gasteiger partial charge in [0, 0.05) is 17.8 Å². The molecule has 0 aliphatic heterocycles. The van der Waals surface area contributed by atoms with E-state index in [1.54, 1.807) is 24.3 Å². The molecule has 0 aliphatic carbocycles. The number of rotatable bonds is 12. The number of anilines is 1. The molecule has 0 fully saturated rings. The van der Waals surface area contributed by atoms with Crippen molar-refractivity contribution in [1.29, 1.82) is 0 Å². The summed E-state index contributed by atoms with van der Waals surface area (Å²) in [5, 5.41) is 2.64. The molecule has 2 rings (SSSR count). The first-order valence-corrected chi connectivity index (χ1v) is 10.4. The summed E-state index contributed by atoms with van der Waals surface area (Å²) in [5.74, 6) is 1.43. The van der Waals surface area contributed by atoms with E-state index in [1.807, 2.05) is 0 Å². The van der Waals surface area contributed by atoms with Gasteiger partial charge in [0.15, 0.2) is 29.6 Å². The highest BCUT2D eigenvalue weighted by atomic mass is 16.5. The molecule has 1 amide bonds. The lowest BCUT2D eigenvalue weighted by Gasteiger charge is -2.15. The van der Waals surface area contributed by atoms with Gasteiger partial charge in [-0.3, -0.25) is 4.79 Å². The highest BCUT2D eigenvalue weighted by Gasteiger charge is 2.17. The van der Waals surface area contributed by atoms with Crippen molar-refractivity contribution in [3.8, 4) is 28.7 Å². The van der Waals surface area contributed by atoms with Crippen LogP contribution in [0.25, 0.3) is 0 Å². The minimum absolute atomic E-state index is 0.239. The van der Waals surface area contributed by atoms with E-state index in [4.69, 9.17) is 28.4 Å². The maximum atomic E-state index is 12.4. The quantitative estimate of drug-likeness (QED) is 0.474. The van der Waals surface area contributed by atoms with Gasteiger partial charge in [-0.05, 0) is 30.5 Å². The number of amides is 1. The van der Waals surface area contributed by atoms with Crippen LogP contribution in [-0.2, 0) is 9.53 Å². The number of esters is 1. The first-order chi connectivity index (χ1) is 15.8. The number of nitrogens with one attached hydrogen (secondary N) is 1. The van der Waals surface area contributed by atoms with Crippen molar-refractivity contribution in [2.24, 2.45) is 5.92 Å². The molecule has 0 heterocycles. The average molecular weight is 462 g/mol. The summed E-state index contributed by atoms with van der Waals surface area (Å²) in [6.07, 6.45) is 0.897. The maximum Gasteiger partial charge on any atom is 0.338 e. The van der Waals surface area contributed by atoms with Gasteiger partial charge in [-0.25, -0.2) is 4.79 Å². The molecule has 0 aromatic heterocycles. The number of hydrogen-bond acceptors (Lipinski definition) is 8. The Bertz CT molecular complexity index is 932. The Balaban J connectivity index is 1.99. The molecule has 33 heavy (non-hydrogen) atoms. The van der Waals surface area contributed by atoms with Gasteiger partial charge in [0.1, 0.15) is 0 Å². The van der Waals surface area contributed by atoms with Crippen molar-refractivity contribution >= 4 is 17.6 Å². The minimum atomic E-state index is -0.665. The van der Waals surface area contributed by atoms with Crippen molar-refractivity contribution in [3.63, 3.8) is 0 Å². The highest BCUT2D eigenvalue weighted by Crippen LogP contribution is 2.39. The molecule has 2 aromatic rings. The van der Waals surface area contributed by atoms with Gasteiger partial charge in [0.2, 0.25) is 5.75 Å². The van der Waals surface area contributed by atoms with E-state index >= 15 is 0 Å². The molecular formula is C24H31NO8. The Labute approximate surface area is 193 Å². The molecule has 9 nitrogen and oxygen atoms in total. The minimum Gasteiger partial charge on any atom is -0.493 e. The Morgan fingerprint density at radius 2 is 1.48 bits per heavy atom. The maximum absolute atomic E-state index is 12.4. The molecule has 0 spiro atoms. The number of carbonyl (C=O) groups excluding carboxylic acids is 2. The summed E-state index contributed by atoms with van der Waals surface area (Å²) in [4.78, 5) is 24.7. The monoisotopic (exact) mass is 461 g/mol. The predicted molar refractivity (Wildman–Crippen MR) is 123 cm³/mol. The van der Waals surface area contributed by atoms with Crippen LogP contribution in [0.2, 0.25) is 0 Å². The van der Waals surface area contributed by atoms with Gasteiger partial charge < -0.3 is 33.7 Å². The molecule has 0 unspecified atom stereocenters. The van der Waals surface area contributed by atoms with Crippen LogP contribution in [0.5, 0.6) is 28.7 Å². The third-order valence-corrected chi connectivity index (χ3v) is 4.63. The standard InChI is InChI=1S/C24H31NO8/c1-15(2)9-10-32-18-8-7-16(11-19(18)28-3)24(27)33-14-22(26)25-17-12-20(29-4)23(31-6)21(13-17)30-5/h7-8,11-13,15H,9-10,14H2,1-6H3,(H,25,26). The van der Waals surface area contributed by atoms with Crippen LogP contribution in [0.1, 0.15) is 30.6 Å². The lowest BCUT2D eigenvalue weighted by atomic mass is 10.1. The van der Waals surface area contributed by atoms with E-state index in [-0.39, 0.29) is 5.56 Å².